The molecule has 4 heteroatoms. The number of hydrogen-bond donors (Lipinski definition) is 0. The molecule has 0 radical (unpaired) electrons. The molecule has 0 saturated carbocycles. The number of hydrogen-bond acceptors (Lipinski definition) is 4. The largest absolute Gasteiger partial charge is 0.422 e. The quantitative estimate of drug-likeness (QED) is 0.397. The Morgan fingerprint density at radius 1 is 1.07 bits per heavy atom. The maximum Gasteiger partial charge on any atom is 0.333 e. The van der Waals surface area contributed by atoms with Gasteiger partial charge in [0.25, 0.3) is 0 Å². The monoisotopic (exact) mass is 212 g/mol. The molecular formula is C11H16O4. The van der Waals surface area contributed by atoms with Crippen molar-refractivity contribution in [2.75, 3.05) is 0 Å². The Kier molecular flexibility index (Phi) is 6.97. The molecule has 0 spiro atoms. The standard InChI is InChI=1S/C11H16O4/c1-4-7-9(12)14-11(6-3)15-10(13)8-5-2/h4-5,7-8,11H,6H2,1-3H3/b7-4+,8-5+. The lowest BCUT2D eigenvalue weighted by Crippen LogP contribution is -2.22. The SMILES string of the molecule is C/C=C/C(=O)OC(CC)OC(=O)/C=C/C. The van der Waals surface area contributed by atoms with Crippen molar-refractivity contribution in [3.63, 3.8) is 0 Å². The van der Waals surface area contributed by atoms with Gasteiger partial charge in [-0.25, -0.2) is 9.59 Å². The van der Waals surface area contributed by atoms with Gasteiger partial charge >= 0.3 is 11.9 Å². The maximum atomic E-state index is 11.0. The van der Waals surface area contributed by atoms with Gasteiger partial charge in [-0.05, 0) is 13.8 Å². The smallest absolute Gasteiger partial charge is 0.333 e. The summed E-state index contributed by atoms with van der Waals surface area (Å²) in [5.74, 6) is -1.03. The van der Waals surface area contributed by atoms with Gasteiger partial charge in [0.15, 0.2) is 0 Å². The van der Waals surface area contributed by atoms with Crippen molar-refractivity contribution >= 4 is 11.9 Å². The first kappa shape index (κ1) is 13.4. The van der Waals surface area contributed by atoms with Crippen LogP contribution in [0.3, 0.4) is 0 Å². The van der Waals surface area contributed by atoms with Gasteiger partial charge in [-0.15, -0.1) is 0 Å². The van der Waals surface area contributed by atoms with Crippen LogP contribution in [-0.4, -0.2) is 18.2 Å². The highest BCUT2D eigenvalue weighted by molar-refractivity contribution is 5.83. The summed E-state index contributed by atoms with van der Waals surface area (Å²) >= 11 is 0. The fraction of sp³-hybridized carbons (Fsp3) is 0.455. The molecule has 84 valence electrons. The average molecular weight is 212 g/mol. The molecule has 0 rings (SSSR count). The van der Waals surface area contributed by atoms with Crippen molar-refractivity contribution in [2.24, 2.45) is 0 Å². The van der Waals surface area contributed by atoms with Gasteiger partial charge in [0.05, 0.1) is 0 Å². The number of allylic oxidation sites excluding steroid dienone is 2. The van der Waals surface area contributed by atoms with Crippen molar-refractivity contribution in [2.45, 2.75) is 33.5 Å². The predicted molar refractivity (Wildman–Crippen MR) is 55.9 cm³/mol. The Balaban J connectivity index is 4.14. The summed E-state index contributed by atoms with van der Waals surface area (Å²) in [5.41, 5.74) is 0. The maximum absolute atomic E-state index is 11.0. The van der Waals surface area contributed by atoms with Crippen molar-refractivity contribution < 1.29 is 19.1 Å². The molecule has 0 aliphatic carbocycles. The van der Waals surface area contributed by atoms with Crippen molar-refractivity contribution in [3.05, 3.63) is 24.3 Å². The van der Waals surface area contributed by atoms with Crippen LogP contribution in [0, 0.1) is 0 Å². The van der Waals surface area contributed by atoms with Crippen LogP contribution in [0.5, 0.6) is 0 Å². The van der Waals surface area contributed by atoms with Crippen LogP contribution in [0.1, 0.15) is 27.2 Å². The highest BCUT2D eigenvalue weighted by atomic mass is 16.7. The summed E-state index contributed by atoms with van der Waals surface area (Å²) in [7, 11) is 0. The van der Waals surface area contributed by atoms with Crippen LogP contribution in [0.4, 0.5) is 0 Å². The van der Waals surface area contributed by atoms with E-state index in [1.807, 2.05) is 0 Å². The zero-order valence-corrected chi connectivity index (χ0v) is 9.23. The first-order valence-corrected chi connectivity index (χ1v) is 4.80. The Labute approximate surface area is 89.6 Å². The molecular weight excluding hydrogens is 196 g/mol. The fourth-order valence-electron chi connectivity index (χ4n) is 0.801. The third-order valence-electron chi connectivity index (χ3n) is 1.43. The van der Waals surface area contributed by atoms with Crippen LogP contribution < -0.4 is 0 Å². The van der Waals surface area contributed by atoms with Gasteiger partial charge in [0, 0.05) is 18.6 Å². The van der Waals surface area contributed by atoms with Crippen LogP contribution in [0.15, 0.2) is 24.3 Å². The van der Waals surface area contributed by atoms with E-state index in [0.717, 1.165) is 0 Å². The van der Waals surface area contributed by atoms with Gasteiger partial charge in [-0.3, -0.25) is 0 Å². The van der Waals surface area contributed by atoms with E-state index in [1.54, 1.807) is 32.9 Å². The minimum atomic E-state index is -0.822. The third-order valence-corrected chi connectivity index (χ3v) is 1.43. The Morgan fingerprint density at radius 2 is 1.47 bits per heavy atom. The molecule has 0 aliphatic heterocycles. The van der Waals surface area contributed by atoms with Gasteiger partial charge in [-0.2, -0.15) is 0 Å². The molecule has 0 heterocycles. The lowest BCUT2D eigenvalue weighted by molar-refractivity contribution is -0.181. The first-order chi connectivity index (χ1) is 7.13. The molecule has 0 aromatic heterocycles. The zero-order valence-electron chi connectivity index (χ0n) is 9.23. The normalized spacial score (nSPS) is 11.2. The van der Waals surface area contributed by atoms with E-state index in [9.17, 15) is 9.59 Å². The Hall–Kier alpha value is -1.58. The van der Waals surface area contributed by atoms with Crippen molar-refractivity contribution in [1.29, 1.82) is 0 Å². The second-order valence-corrected chi connectivity index (χ2v) is 2.71. The minimum absolute atomic E-state index is 0.423. The van der Waals surface area contributed by atoms with E-state index in [4.69, 9.17) is 9.47 Å². The molecule has 0 N–H and O–H groups in total. The first-order valence-electron chi connectivity index (χ1n) is 4.80. The van der Waals surface area contributed by atoms with E-state index in [1.165, 1.54) is 12.2 Å². The molecule has 0 aromatic carbocycles. The van der Waals surface area contributed by atoms with Gasteiger partial charge in [-0.1, -0.05) is 19.1 Å². The lowest BCUT2D eigenvalue weighted by Gasteiger charge is -2.14. The van der Waals surface area contributed by atoms with Crippen LogP contribution in [-0.2, 0) is 19.1 Å². The predicted octanol–water partition coefficient (Wildman–Crippen LogP) is 1.96. The molecule has 0 fully saturated rings. The summed E-state index contributed by atoms with van der Waals surface area (Å²) in [6.07, 6.45) is 5.26. The lowest BCUT2D eigenvalue weighted by atomic mass is 10.4. The minimum Gasteiger partial charge on any atom is -0.422 e. The zero-order chi connectivity index (χ0) is 11.7. The van der Waals surface area contributed by atoms with Crippen LogP contribution in [0.2, 0.25) is 0 Å². The van der Waals surface area contributed by atoms with Crippen LogP contribution >= 0.6 is 0 Å². The second-order valence-electron chi connectivity index (χ2n) is 2.71. The highest BCUT2D eigenvalue weighted by Crippen LogP contribution is 2.02. The summed E-state index contributed by atoms with van der Waals surface area (Å²) in [6.45, 7) is 5.17. The second kappa shape index (κ2) is 7.79. The highest BCUT2D eigenvalue weighted by Gasteiger charge is 2.13. The number of carbonyl (C=O) groups excluding carboxylic acids is 2. The molecule has 0 amide bonds. The van der Waals surface area contributed by atoms with Crippen molar-refractivity contribution in [3.8, 4) is 0 Å². The number of esters is 2. The number of rotatable bonds is 5. The van der Waals surface area contributed by atoms with E-state index in [2.05, 4.69) is 0 Å². The Bertz CT molecular complexity index is 240. The van der Waals surface area contributed by atoms with Gasteiger partial charge in [0.1, 0.15) is 0 Å². The van der Waals surface area contributed by atoms with E-state index >= 15 is 0 Å². The molecule has 0 aromatic rings. The molecule has 0 unspecified atom stereocenters. The molecule has 0 bridgehead atoms. The number of carbonyl (C=O) groups is 2. The molecule has 0 atom stereocenters. The topological polar surface area (TPSA) is 52.6 Å². The molecule has 0 aliphatic rings. The molecule has 4 nitrogen and oxygen atoms in total. The van der Waals surface area contributed by atoms with Gasteiger partial charge < -0.3 is 9.47 Å². The Morgan fingerprint density at radius 3 is 1.73 bits per heavy atom. The fourth-order valence-corrected chi connectivity index (χ4v) is 0.801. The third kappa shape index (κ3) is 6.49. The average Bonchev–Trinajstić information content (AvgIpc) is 2.17. The molecule has 15 heavy (non-hydrogen) atoms. The van der Waals surface area contributed by atoms with E-state index in [0.29, 0.717) is 6.42 Å². The number of ether oxygens (including phenoxy) is 2. The van der Waals surface area contributed by atoms with Crippen molar-refractivity contribution in [1.82, 2.24) is 0 Å². The van der Waals surface area contributed by atoms with Crippen LogP contribution in [0.25, 0.3) is 0 Å². The summed E-state index contributed by atoms with van der Waals surface area (Å²) in [5, 5.41) is 0. The summed E-state index contributed by atoms with van der Waals surface area (Å²) < 4.78 is 9.71. The van der Waals surface area contributed by atoms with E-state index in [-0.39, 0.29) is 0 Å². The van der Waals surface area contributed by atoms with Gasteiger partial charge in [0.2, 0.25) is 6.29 Å². The summed E-state index contributed by atoms with van der Waals surface area (Å²) in [4.78, 5) is 22.1. The molecule has 0 saturated heterocycles. The van der Waals surface area contributed by atoms with E-state index < -0.39 is 18.2 Å². The summed E-state index contributed by atoms with van der Waals surface area (Å²) in [6, 6.07) is 0.